The Kier molecular flexibility index (Phi) is 3.86. The van der Waals surface area contributed by atoms with E-state index in [0.29, 0.717) is 19.0 Å². The first-order valence-corrected chi connectivity index (χ1v) is 10.1. The minimum atomic E-state index is -0.339. The fraction of sp³-hybridized carbons (Fsp3) is 0.421. The summed E-state index contributed by atoms with van der Waals surface area (Å²) in [4.78, 5) is 36.0. The molecular weight excluding hydrogens is 348 g/mol. The van der Waals surface area contributed by atoms with Gasteiger partial charge in [0.15, 0.2) is 0 Å². The van der Waals surface area contributed by atoms with Crippen molar-refractivity contribution in [1.29, 1.82) is 0 Å². The van der Waals surface area contributed by atoms with Gasteiger partial charge in [-0.1, -0.05) is 24.3 Å². The Labute approximate surface area is 156 Å². The van der Waals surface area contributed by atoms with Crippen molar-refractivity contribution >= 4 is 34.5 Å². The summed E-state index contributed by atoms with van der Waals surface area (Å²) < 4.78 is 0. The topological polar surface area (TPSA) is 56.8 Å². The SMILES string of the molecule is O=C1[C@@H]2CSCN2C(=O)[C@H]2CN(Cc3cccc4cccnc34)CCN12. The van der Waals surface area contributed by atoms with E-state index < -0.39 is 0 Å². The molecule has 0 saturated carbocycles. The van der Waals surface area contributed by atoms with Crippen LogP contribution in [0.1, 0.15) is 5.56 Å². The summed E-state index contributed by atoms with van der Waals surface area (Å²) in [6.45, 7) is 2.76. The highest BCUT2D eigenvalue weighted by molar-refractivity contribution is 7.99. The second-order valence-corrected chi connectivity index (χ2v) is 8.10. The van der Waals surface area contributed by atoms with E-state index in [1.54, 1.807) is 16.7 Å². The van der Waals surface area contributed by atoms with Crippen molar-refractivity contribution in [3.05, 3.63) is 42.1 Å². The monoisotopic (exact) mass is 368 g/mol. The molecule has 6 nitrogen and oxygen atoms in total. The molecule has 1 aromatic carbocycles. The van der Waals surface area contributed by atoms with Crippen molar-refractivity contribution in [1.82, 2.24) is 19.7 Å². The van der Waals surface area contributed by atoms with Crippen molar-refractivity contribution in [2.75, 3.05) is 31.3 Å². The number of piperazine rings is 2. The van der Waals surface area contributed by atoms with Crippen LogP contribution in [0.5, 0.6) is 0 Å². The number of benzene rings is 1. The Morgan fingerprint density at radius 1 is 1.04 bits per heavy atom. The molecule has 7 heteroatoms. The predicted molar refractivity (Wildman–Crippen MR) is 100 cm³/mol. The molecule has 0 radical (unpaired) electrons. The van der Waals surface area contributed by atoms with E-state index in [-0.39, 0.29) is 23.9 Å². The van der Waals surface area contributed by atoms with Crippen LogP contribution in [0, 0.1) is 0 Å². The minimum Gasteiger partial charge on any atom is -0.326 e. The summed E-state index contributed by atoms with van der Waals surface area (Å²) in [5.41, 5.74) is 2.18. The second kappa shape index (κ2) is 6.25. The molecule has 0 N–H and O–H groups in total. The standard InChI is InChI=1S/C19H20N4O2S/c24-18-15-10-21(7-8-22(15)19(25)16-11-26-12-23(16)18)9-14-4-1-3-13-5-2-6-20-17(13)14/h1-6,15-16H,7-12H2/t15-,16+/m1/s1. The van der Waals surface area contributed by atoms with Crippen LogP contribution in [0.3, 0.4) is 0 Å². The molecule has 3 saturated heterocycles. The Balaban J connectivity index is 1.38. The Morgan fingerprint density at radius 3 is 2.81 bits per heavy atom. The third kappa shape index (κ3) is 2.49. The average Bonchev–Trinajstić information content (AvgIpc) is 3.17. The number of carbonyl (C=O) groups is 2. The fourth-order valence-electron chi connectivity index (χ4n) is 4.24. The van der Waals surface area contributed by atoms with Crippen molar-refractivity contribution in [2.45, 2.75) is 18.6 Å². The Bertz CT molecular complexity index is 883. The average molecular weight is 368 g/mol. The molecule has 3 aliphatic heterocycles. The minimum absolute atomic E-state index is 0.111. The number of aromatic nitrogens is 1. The Hall–Kier alpha value is -2.12. The van der Waals surface area contributed by atoms with E-state index >= 15 is 0 Å². The number of amides is 2. The second-order valence-electron chi connectivity index (χ2n) is 7.10. The predicted octanol–water partition coefficient (Wildman–Crippen LogP) is 1.16. The summed E-state index contributed by atoms with van der Waals surface area (Å²) in [6, 6.07) is 9.66. The highest BCUT2D eigenvalue weighted by Crippen LogP contribution is 2.30. The third-order valence-corrected chi connectivity index (χ3v) is 6.61. The van der Waals surface area contributed by atoms with E-state index in [1.165, 1.54) is 5.56 Å². The zero-order chi connectivity index (χ0) is 17.7. The number of hydrogen-bond acceptors (Lipinski definition) is 5. The van der Waals surface area contributed by atoms with Crippen LogP contribution < -0.4 is 0 Å². The van der Waals surface area contributed by atoms with Crippen LogP contribution in [-0.2, 0) is 16.1 Å². The van der Waals surface area contributed by atoms with Gasteiger partial charge in [-0.25, -0.2) is 0 Å². The molecule has 0 aliphatic carbocycles. The largest absolute Gasteiger partial charge is 0.326 e. The number of carbonyl (C=O) groups excluding carboxylic acids is 2. The first-order chi connectivity index (χ1) is 12.7. The van der Waals surface area contributed by atoms with Gasteiger partial charge in [0.1, 0.15) is 12.1 Å². The number of pyridine rings is 1. The van der Waals surface area contributed by atoms with E-state index in [4.69, 9.17) is 0 Å². The maximum absolute atomic E-state index is 12.9. The van der Waals surface area contributed by atoms with Gasteiger partial charge < -0.3 is 9.80 Å². The summed E-state index contributed by atoms with van der Waals surface area (Å²) in [7, 11) is 0. The van der Waals surface area contributed by atoms with Gasteiger partial charge in [0.25, 0.3) is 0 Å². The summed E-state index contributed by atoms with van der Waals surface area (Å²) in [5.74, 6) is 1.62. The van der Waals surface area contributed by atoms with Gasteiger partial charge >= 0.3 is 0 Å². The normalized spacial score (nSPS) is 26.3. The van der Waals surface area contributed by atoms with Crippen LogP contribution in [0.15, 0.2) is 36.5 Å². The van der Waals surface area contributed by atoms with Crippen molar-refractivity contribution in [2.24, 2.45) is 0 Å². The summed E-state index contributed by atoms with van der Waals surface area (Å²) in [5, 5.41) is 1.13. The van der Waals surface area contributed by atoms with Gasteiger partial charge in [-0.05, 0) is 11.6 Å². The molecule has 26 heavy (non-hydrogen) atoms. The van der Waals surface area contributed by atoms with Crippen molar-refractivity contribution in [3.63, 3.8) is 0 Å². The lowest BCUT2D eigenvalue weighted by atomic mass is 10.0. The van der Waals surface area contributed by atoms with E-state index in [2.05, 4.69) is 34.1 Å². The lowest BCUT2D eigenvalue weighted by Gasteiger charge is -2.47. The highest BCUT2D eigenvalue weighted by Gasteiger charge is 2.49. The van der Waals surface area contributed by atoms with Gasteiger partial charge in [0, 0.05) is 43.5 Å². The zero-order valence-electron chi connectivity index (χ0n) is 14.4. The highest BCUT2D eigenvalue weighted by atomic mass is 32.2. The first-order valence-electron chi connectivity index (χ1n) is 8.96. The third-order valence-electron chi connectivity index (χ3n) is 5.59. The smallest absolute Gasteiger partial charge is 0.248 e. The molecule has 0 bridgehead atoms. The van der Waals surface area contributed by atoms with E-state index in [9.17, 15) is 9.59 Å². The molecule has 2 atom stereocenters. The molecule has 1 aromatic heterocycles. The molecule has 134 valence electrons. The summed E-state index contributed by atoms with van der Waals surface area (Å²) >= 11 is 1.67. The van der Waals surface area contributed by atoms with Crippen LogP contribution in [0.2, 0.25) is 0 Å². The molecule has 3 aliphatic rings. The van der Waals surface area contributed by atoms with Crippen LogP contribution in [-0.4, -0.2) is 74.8 Å². The maximum atomic E-state index is 12.9. The number of thioether (sulfide) groups is 1. The van der Waals surface area contributed by atoms with Gasteiger partial charge in [-0.3, -0.25) is 19.5 Å². The van der Waals surface area contributed by atoms with Crippen LogP contribution in [0.25, 0.3) is 10.9 Å². The molecular formula is C19H20N4O2S. The number of fused-ring (bicyclic) bond motifs is 3. The van der Waals surface area contributed by atoms with E-state index in [0.717, 1.165) is 29.7 Å². The lowest BCUT2D eigenvalue weighted by molar-refractivity contribution is -0.162. The maximum Gasteiger partial charge on any atom is 0.248 e. The van der Waals surface area contributed by atoms with Crippen molar-refractivity contribution < 1.29 is 9.59 Å². The Morgan fingerprint density at radius 2 is 1.88 bits per heavy atom. The van der Waals surface area contributed by atoms with Gasteiger partial charge in [-0.2, -0.15) is 0 Å². The lowest BCUT2D eigenvalue weighted by Crippen LogP contribution is -2.69. The van der Waals surface area contributed by atoms with Crippen LogP contribution >= 0.6 is 11.8 Å². The van der Waals surface area contributed by atoms with Gasteiger partial charge in [0.05, 0.1) is 11.4 Å². The van der Waals surface area contributed by atoms with Crippen LogP contribution in [0.4, 0.5) is 0 Å². The number of para-hydroxylation sites is 1. The first kappa shape index (κ1) is 16.1. The van der Waals surface area contributed by atoms with Gasteiger partial charge in [-0.15, -0.1) is 11.8 Å². The molecule has 3 fully saturated rings. The number of rotatable bonds is 2. The quantitative estimate of drug-likeness (QED) is 0.796. The van der Waals surface area contributed by atoms with E-state index in [1.807, 2.05) is 17.2 Å². The molecule has 2 amide bonds. The number of nitrogens with zero attached hydrogens (tertiary/aromatic N) is 4. The molecule has 2 aromatic rings. The fourth-order valence-corrected chi connectivity index (χ4v) is 5.40. The van der Waals surface area contributed by atoms with Gasteiger partial charge in [0.2, 0.25) is 11.8 Å². The molecule has 0 spiro atoms. The molecule has 5 rings (SSSR count). The number of hydrogen-bond donors (Lipinski definition) is 0. The summed E-state index contributed by atoms with van der Waals surface area (Å²) in [6.07, 6.45) is 1.82. The molecule has 4 heterocycles. The van der Waals surface area contributed by atoms with Crippen molar-refractivity contribution in [3.8, 4) is 0 Å². The molecule has 0 unspecified atom stereocenters. The zero-order valence-corrected chi connectivity index (χ0v) is 15.2.